The lowest BCUT2D eigenvalue weighted by Crippen LogP contribution is -2.52. The Morgan fingerprint density at radius 2 is 2.00 bits per heavy atom. The second-order valence-electron chi connectivity index (χ2n) is 6.26. The SMILES string of the molecule is COC1CN(C2CC(C)CCC2C#N)CCC1C. The van der Waals surface area contributed by atoms with Crippen molar-refractivity contribution in [3.05, 3.63) is 0 Å². The van der Waals surface area contributed by atoms with E-state index in [0.29, 0.717) is 18.1 Å². The molecule has 0 amide bonds. The van der Waals surface area contributed by atoms with Crippen LogP contribution in [0.1, 0.15) is 39.5 Å². The zero-order valence-corrected chi connectivity index (χ0v) is 11.9. The standard InChI is InChI=1S/C15H26N2O/c1-11-4-5-13(9-16)14(8-11)17-7-6-12(2)15(10-17)18-3/h11-15H,4-8,10H2,1-3H3. The highest BCUT2D eigenvalue weighted by atomic mass is 16.5. The van der Waals surface area contributed by atoms with Crippen LogP contribution in [-0.2, 0) is 4.74 Å². The molecular weight excluding hydrogens is 224 g/mol. The third kappa shape index (κ3) is 2.87. The third-order valence-electron chi connectivity index (χ3n) is 4.94. The van der Waals surface area contributed by atoms with Gasteiger partial charge in [0, 0.05) is 19.7 Å². The Morgan fingerprint density at radius 1 is 1.22 bits per heavy atom. The van der Waals surface area contributed by atoms with Crippen LogP contribution in [0.2, 0.25) is 0 Å². The van der Waals surface area contributed by atoms with E-state index in [9.17, 15) is 5.26 Å². The van der Waals surface area contributed by atoms with E-state index in [1.54, 1.807) is 0 Å². The van der Waals surface area contributed by atoms with Crippen molar-refractivity contribution in [2.24, 2.45) is 17.8 Å². The minimum absolute atomic E-state index is 0.229. The number of likely N-dealkylation sites (tertiary alicyclic amines) is 1. The molecule has 2 aliphatic rings. The number of piperidine rings is 1. The van der Waals surface area contributed by atoms with Crippen LogP contribution in [0.4, 0.5) is 0 Å². The maximum Gasteiger partial charge on any atom is 0.0724 e. The fraction of sp³-hybridized carbons (Fsp3) is 0.933. The van der Waals surface area contributed by atoms with Gasteiger partial charge in [0.2, 0.25) is 0 Å². The highest BCUT2D eigenvalue weighted by Crippen LogP contribution is 2.34. The van der Waals surface area contributed by atoms with Gasteiger partial charge in [0.05, 0.1) is 18.1 Å². The van der Waals surface area contributed by atoms with Crippen molar-refractivity contribution in [2.45, 2.75) is 51.7 Å². The quantitative estimate of drug-likeness (QED) is 0.756. The van der Waals surface area contributed by atoms with Gasteiger partial charge < -0.3 is 4.74 Å². The van der Waals surface area contributed by atoms with Gasteiger partial charge in [-0.25, -0.2) is 0 Å². The molecule has 3 nitrogen and oxygen atoms in total. The van der Waals surface area contributed by atoms with E-state index in [4.69, 9.17) is 4.74 Å². The molecule has 3 heteroatoms. The highest BCUT2D eigenvalue weighted by molar-refractivity contribution is 4.98. The summed E-state index contributed by atoms with van der Waals surface area (Å²) in [4.78, 5) is 2.53. The zero-order valence-electron chi connectivity index (χ0n) is 11.9. The summed E-state index contributed by atoms with van der Waals surface area (Å²) in [6.45, 7) is 6.74. The molecule has 0 radical (unpaired) electrons. The summed E-state index contributed by atoms with van der Waals surface area (Å²) in [6.07, 6.45) is 5.01. The molecule has 18 heavy (non-hydrogen) atoms. The van der Waals surface area contributed by atoms with Crippen LogP contribution in [-0.4, -0.2) is 37.2 Å². The lowest BCUT2D eigenvalue weighted by molar-refractivity contribution is -0.0333. The first-order valence-electron chi connectivity index (χ1n) is 7.32. The van der Waals surface area contributed by atoms with Gasteiger partial charge in [-0.2, -0.15) is 5.26 Å². The van der Waals surface area contributed by atoms with E-state index in [1.165, 1.54) is 19.3 Å². The fourth-order valence-corrected chi connectivity index (χ4v) is 3.57. The van der Waals surface area contributed by atoms with Crippen LogP contribution in [0.15, 0.2) is 0 Å². The first-order chi connectivity index (χ1) is 8.65. The Bertz CT molecular complexity index is 312. The molecule has 0 bridgehead atoms. The summed E-state index contributed by atoms with van der Waals surface area (Å²) >= 11 is 0. The summed E-state index contributed by atoms with van der Waals surface area (Å²) < 4.78 is 5.60. The molecule has 1 saturated heterocycles. The number of nitrogens with zero attached hydrogens (tertiary/aromatic N) is 2. The van der Waals surface area contributed by atoms with Gasteiger partial charge in [0.1, 0.15) is 0 Å². The molecule has 1 saturated carbocycles. The van der Waals surface area contributed by atoms with E-state index < -0.39 is 0 Å². The summed E-state index contributed by atoms with van der Waals surface area (Å²) in [5.41, 5.74) is 0. The van der Waals surface area contributed by atoms with E-state index in [-0.39, 0.29) is 5.92 Å². The van der Waals surface area contributed by atoms with Crippen molar-refractivity contribution in [3.8, 4) is 6.07 Å². The summed E-state index contributed by atoms with van der Waals surface area (Å²) in [5.74, 6) is 1.64. The van der Waals surface area contributed by atoms with Crippen LogP contribution in [0, 0.1) is 29.1 Å². The van der Waals surface area contributed by atoms with Crippen LogP contribution in [0.5, 0.6) is 0 Å². The molecule has 1 aliphatic carbocycles. The molecule has 5 atom stereocenters. The average molecular weight is 250 g/mol. The average Bonchev–Trinajstić information content (AvgIpc) is 2.39. The van der Waals surface area contributed by atoms with Gasteiger partial charge in [-0.05, 0) is 44.1 Å². The minimum atomic E-state index is 0.229. The van der Waals surface area contributed by atoms with Gasteiger partial charge >= 0.3 is 0 Å². The minimum Gasteiger partial charge on any atom is -0.380 e. The summed E-state index contributed by atoms with van der Waals surface area (Å²) in [5, 5.41) is 9.35. The van der Waals surface area contributed by atoms with Gasteiger partial charge in [0.15, 0.2) is 0 Å². The smallest absolute Gasteiger partial charge is 0.0724 e. The summed E-state index contributed by atoms with van der Waals surface area (Å²) in [6, 6.07) is 3.00. The van der Waals surface area contributed by atoms with Crippen molar-refractivity contribution in [1.82, 2.24) is 4.90 Å². The number of hydrogen-bond acceptors (Lipinski definition) is 3. The van der Waals surface area contributed by atoms with E-state index >= 15 is 0 Å². The molecule has 1 aliphatic heterocycles. The molecule has 2 fully saturated rings. The van der Waals surface area contributed by atoms with E-state index in [2.05, 4.69) is 24.8 Å². The van der Waals surface area contributed by atoms with Gasteiger partial charge in [-0.3, -0.25) is 4.90 Å². The number of nitriles is 1. The van der Waals surface area contributed by atoms with Gasteiger partial charge in [0.25, 0.3) is 0 Å². The number of ether oxygens (including phenoxy) is 1. The van der Waals surface area contributed by atoms with Crippen LogP contribution in [0.3, 0.4) is 0 Å². The first kappa shape index (κ1) is 13.8. The topological polar surface area (TPSA) is 36.3 Å². The zero-order chi connectivity index (χ0) is 13.1. The highest BCUT2D eigenvalue weighted by Gasteiger charge is 2.37. The first-order valence-corrected chi connectivity index (χ1v) is 7.32. The van der Waals surface area contributed by atoms with Crippen LogP contribution >= 0.6 is 0 Å². The Balaban J connectivity index is 2.02. The Kier molecular flexibility index (Phi) is 4.64. The van der Waals surface area contributed by atoms with Crippen molar-refractivity contribution < 1.29 is 4.74 Å². The van der Waals surface area contributed by atoms with Crippen molar-refractivity contribution >= 4 is 0 Å². The Morgan fingerprint density at radius 3 is 2.67 bits per heavy atom. The fourth-order valence-electron chi connectivity index (χ4n) is 3.57. The van der Waals surface area contributed by atoms with Crippen molar-refractivity contribution in [3.63, 3.8) is 0 Å². The van der Waals surface area contributed by atoms with E-state index in [0.717, 1.165) is 25.4 Å². The van der Waals surface area contributed by atoms with Gasteiger partial charge in [-0.15, -0.1) is 0 Å². The van der Waals surface area contributed by atoms with Crippen molar-refractivity contribution in [1.29, 1.82) is 5.26 Å². The predicted molar refractivity (Wildman–Crippen MR) is 72.1 cm³/mol. The predicted octanol–water partition coefficient (Wildman–Crippen LogP) is 2.67. The number of hydrogen-bond donors (Lipinski definition) is 0. The second kappa shape index (κ2) is 6.04. The molecule has 5 unspecified atom stereocenters. The lowest BCUT2D eigenvalue weighted by Gasteiger charge is -2.44. The normalized spacial score (nSPS) is 42.4. The van der Waals surface area contributed by atoms with Crippen LogP contribution in [0.25, 0.3) is 0 Å². The molecule has 1 heterocycles. The molecule has 102 valence electrons. The van der Waals surface area contributed by atoms with Gasteiger partial charge in [-0.1, -0.05) is 13.8 Å². The number of methoxy groups -OCH3 is 1. The molecule has 0 aromatic heterocycles. The van der Waals surface area contributed by atoms with E-state index in [1.807, 2.05) is 7.11 Å². The third-order valence-corrected chi connectivity index (χ3v) is 4.94. The second-order valence-corrected chi connectivity index (χ2v) is 6.26. The monoisotopic (exact) mass is 250 g/mol. The molecule has 0 spiro atoms. The lowest BCUT2D eigenvalue weighted by atomic mass is 9.78. The molecule has 0 N–H and O–H groups in total. The Hall–Kier alpha value is -0.590. The maximum atomic E-state index is 9.35. The number of rotatable bonds is 2. The Labute approximate surface area is 111 Å². The molecule has 0 aromatic rings. The molecule has 2 rings (SSSR count). The molecular formula is C15H26N2O. The maximum absolute atomic E-state index is 9.35. The van der Waals surface area contributed by atoms with Crippen LogP contribution < -0.4 is 0 Å². The summed E-state index contributed by atoms with van der Waals surface area (Å²) in [7, 11) is 1.82. The largest absolute Gasteiger partial charge is 0.380 e. The van der Waals surface area contributed by atoms with Crippen molar-refractivity contribution in [2.75, 3.05) is 20.2 Å². The molecule has 0 aromatic carbocycles.